The van der Waals surface area contributed by atoms with Crippen LogP contribution in [0.15, 0.2) is 60.7 Å². The van der Waals surface area contributed by atoms with Crippen LogP contribution in [-0.2, 0) is 9.53 Å². The lowest BCUT2D eigenvalue weighted by Gasteiger charge is -2.38. The topological polar surface area (TPSA) is 46.5 Å². The Bertz CT molecular complexity index is 766. The van der Waals surface area contributed by atoms with Gasteiger partial charge in [-0.1, -0.05) is 83.5 Å². The summed E-state index contributed by atoms with van der Waals surface area (Å²) in [6.07, 6.45) is 0.800. The van der Waals surface area contributed by atoms with Crippen molar-refractivity contribution in [3.63, 3.8) is 0 Å². The molecule has 27 heavy (non-hydrogen) atoms. The molecule has 0 aliphatic heterocycles. The molecule has 2 aromatic carbocycles. The highest BCUT2D eigenvalue weighted by molar-refractivity contribution is 9.09. The maximum atomic E-state index is 11.7. The van der Waals surface area contributed by atoms with Crippen molar-refractivity contribution in [2.24, 2.45) is 23.7 Å². The van der Waals surface area contributed by atoms with E-state index in [9.17, 15) is 9.90 Å². The largest absolute Gasteiger partial charge is 0.385 e. The van der Waals surface area contributed by atoms with Crippen molar-refractivity contribution in [1.29, 1.82) is 0 Å². The van der Waals surface area contributed by atoms with Crippen molar-refractivity contribution in [2.45, 2.75) is 36.5 Å². The lowest BCUT2D eigenvalue weighted by molar-refractivity contribution is -0.125. The number of hydrogen-bond acceptors (Lipinski definition) is 3. The van der Waals surface area contributed by atoms with Gasteiger partial charge in [-0.05, 0) is 35.3 Å². The quantitative estimate of drug-likeness (QED) is 0.535. The van der Waals surface area contributed by atoms with Crippen molar-refractivity contribution >= 4 is 22.2 Å². The van der Waals surface area contributed by atoms with E-state index in [1.165, 1.54) is 0 Å². The Kier molecular flexibility index (Phi) is 5.49. The summed E-state index contributed by atoms with van der Waals surface area (Å²) in [4.78, 5) is 11.9. The molecule has 0 radical (unpaired) electrons. The van der Waals surface area contributed by atoms with Gasteiger partial charge in [0.25, 0.3) is 0 Å². The van der Waals surface area contributed by atoms with Crippen molar-refractivity contribution < 1.29 is 14.6 Å². The number of halogens is 1. The van der Waals surface area contributed by atoms with Crippen LogP contribution in [0.2, 0.25) is 0 Å². The van der Waals surface area contributed by atoms with Gasteiger partial charge < -0.3 is 14.6 Å². The first-order chi connectivity index (χ1) is 13.1. The fraction of sp³-hybridized carbons (Fsp3) is 0.435. The Labute approximate surface area is 168 Å². The summed E-state index contributed by atoms with van der Waals surface area (Å²) in [7, 11) is 0. The SMILES string of the molecule is C[C@@H]1[C@@H](C=O)[C@@H]2C[C@H]1[C@@H](Br)[C@@H]2O[C@@H](c1ccccc1)[C@@H](O)c1ccccc1. The first kappa shape index (κ1) is 18.9. The fourth-order valence-electron chi connectivity index (χ4n) is 4.99. The fourth-order valence-corrected chi connectivity index (χ4v) is 6.20. The number of aldehydes is 1. The highest BCUT2D eigenvalue weighted by atomic mass is 79.9. The molecule has 0 saturated heterocycles. The van der Waals surface area contributed by atoms with Gasteiger partial charge >= 0.3 is 0 Å². The monoisotopic (exact) mass is 428 g/mol. The van der Waals surface area contributed by atoms with Gasteiger partial charge in [0, 0.05) is 10.7 Å². The molecule has 2 aromatic rings. The molecule has 2 fully saturated rings. The zero-order valence-electron chi connectivity index (χ0n) is 15.3. The molecule has 1 N–H and O–H groups in total. The molecule has 0 aromatic heterocycles. The first-order valence-corrected chi connectivity index (χ1v) is 10.6. The van der Waals surface area contributed by atoms with E-state index in [1.54, 1.807) is 0 Å². The molecule has 4 rings (SSSR count). The maximum Gasteiger partial charge on any atom is 0.123 e. The average Bonchev–Trinajstić information content (AvgIpc) is 3.21. The minimum Gasteiger partial charge on any atom is -0.385 e. The second kappa shape index (κ2) is 7.86. The van der Waals surface area contributed by atoms with Gasteiger partial charge in [0.1, 0.15) is 18.5 Å². The molecule has 2 aliphatic carbocycles. The molecule has 2 saturated carbocycles. The predicted molar refractivity (Wildman–Crippen MR) is 108 cm³/mol. The normalized spacial score (nSPS) is 34.3. The maximum absolute atomic E-state index is 11.7. The van der Waals surface area contributed by atoms with Gasteiger partial charge in [0.2, 0.25) is 0 Å². The molecule has 0 spiro atoms. The Morgan fingerprint density at radius 1 is 1.04 bits per heavy atom. The van der Waals surface area contributed by atoms with Gasteiger partial charge in [0.15, 0.2) is 0 Å². The zero-order chi connectivity index (χ0) is 19.0. The lowest BCUT2D eigenvalue weighted by Crippen LogP contribution is -2.41. The summed E-state index contributed by atoms with van der Waals surface area (Å²) in [5, 5.41) is 11.1. The third kappa shape index (κ3) is 3.39. The Balaban J connectivity index is 1.63. The summed E-state index contributed by atoms with van der Waals surface area (Å²) in [5.41, 5.74) is 1.79. The van der Waals surface area contributed by atoms with E-state index in [2.05, 4.69) is 22.9 Å². The Morgan fingerprint density at radius 2 is 1.63 bits per heavy atom. The van der Waals surface area contributed by atoms with Gasteiger partial charge in [0.05, 0.1) is 6.10 Å². The van der Waals surface area contributed by atoms with E-state index >= 15 is 0 Å². The van der Waals surface area contributed by atoms with Crippen LogP contribution in [0.1, 0.15) is 36.7 Å². The van der Waals surface area contributed by atoms with Crippen molar-refractivity contribution in [2.75, 3.05) is 0 Å². The molecular weight excluding hydrogens is 404 g/mol. The molecule has 3 nitrogen and oxygen atoms in total. The van der Waals surface area contributed by atoms with Crippen LogP contribution in [-0.4, -0.2) is 22.3 Å². The van der Waals surface area contributed by atoms with E-state index in [0.29, 0.717) is 11.8 Å². The predicted octanol–water partition coefficient (Wildman–Crippen LogP) is 4.71. The Morgan fingerprint density at radius 3 is 2.19 bits per heavy atom. The molecule has 2 bridgehead atoms. The van der Waals surface area contributed by atoms with Crippen molar-refractivity contribution in [1.82, 2.24) is 0 Å². The van der Waals surface area contributed by atoms with Crippen LogP contribution >= 0.6 is 15.9 Å². The number of aliphatic hydroxyl groups is 1. The van der Waals surface area contributed by atoms with Gasteiger partial charge in [-0.25, -0.2) is 0 Å². The third-order valence-corrected chi connectivity index (χ3v) is 7.68. The minimum absolute atomic E-state index is 0.0408. The second-order valence-corrected chi connectivity index (χ2v) is 8.93. The van der Waals surface area contributed by atoms with Crippen LogP contribution in [0.25, 0.3) is 0 Å². The number of aliphatic hydroxyl groups excluding tert-OH is 1. The number of ether oxygens (including phenoxy) is 1. The van der Waals surface area contributed by atoms with Crippen LogP contribution in [0.3, 0.4) is 0 Å². The lowest BCUT2D eigenvalue weighted by atomic mass is 9.79. The number of hydrogen-bond donors (Lipinski definition) is 1. The first-order valence-electron chi connectivity index (χ1n) is 9.64. The van der Waals surface area contributed by atoms with E-state index in [4.69, 9.17) is 4.74 Å². The van der Waals surface area contributed by atoms with Crippen molar-refractivity contribution in [3.8, 4) is 0 Å². The van der Waals surface area contributed by atoms with E-state index in [-0.39, 0.29) is 22.8 Å². The number of carbonyl (C=O) groups is 1. The van der Waals surface area contributed by atoms with Crippen LogP contribution in [0.5, 0.6) is 0 Å². The minimum atomic E-state index is -0.764. The zero-order valence-corrected chi connectivity index (χ0v) is 16.9. The number of benzene rings is 2. The molecule has 2 aliphatic rings. The summed E-state index contributed by atoms with van der Waals surface area (Å²) < 4.78 is 6.58. The molecule has 0 amide bonds. The van der Waals surface area contributed by atoms with Gasteiger partial charge in [-0.3, -0.25) is 0 Å². The van der Waals surface area contributed by atoms with Gasteiger partial charge in [-0.15, -0.1) is 0 Å². The van der Waals surface area contributed by atoms with Crippen LogP contribution in [0, 0.1) is 23.7 Å². The van der Waals surface area contributed by atoms with E-state index < -0.39 is 12.2 Å². The number of carbonyl (C=O) groups excluding carboxylic acids is 1. The number of rotatable bonds is 6. The number of alkyl halides is 1. The summed E-state index contributed by atoms with van der Waals surface area (Å²) in [6, 6.07) is 19.5. The molecule has 0 heterocycles. The summed E-state index contributed by atoms with van der Waals surface area (Å²) >= 11 is 3.84. The molecular formula is C23H25BrO3. The van der Waals surface area contributed by atoms with Crippen LogP contribution in [0.4, 0.5) is 0 Å². The molecule has 142 valence electrons. The van der Waals surface area contributed by atoms with E-state index in [0.717, 1.165) is 23.8 Å². The summed E-state index contributed by atoms with van der Waals surface area (Å²) in [6.45, 7) is 2.17. The standard InChI is InChI=1S/C23H25BrO3/c1-14-17-12-18(19(14)13-25)23(20(17)24)27-22(16-10-6-3-7-11-16)21(26)15-8-4-2-5-9-15/h2-11,13-14,17-23,26H,12H2,1H3/t14-,17+,18-,19+,20+,21-,22-,23+/m0/s1. The smallest absolute Gasteiger partial charge is 0.123 e. The highest BCUT2D eigenvalue weighted by Gasteiger charge is 2.57. The van der Waals surface area contributed by atoms with Gasteiger partial charge in [-0.2, -0.15) is 0 Å². The molecule has 8 atom stereocenters. The Hall–Kier alpha value is -1.49. The average molecular weight is 429 g/mol. The second-order valence-electron chi connectivity index (χ2n) is 7.87. The molecule has 0 unspecified atom stereocenters. The summed E-state index contributed by atoms with van der Waals surface area (Å²) in [5.74, 6) is 1.08. The van der Waals surface area contributed by atoms with E-state index in [1.807, 2.05) is 60.7 Å². The van der Waals surface area contributed by atoms with Crippen molar-refractivity contribution in [3.05, 3.63) is 71.8 Å². The highest BCUT2D eigenvalue weighted by Crippen LogP contribution is 2.56. The molecule has 4 heteroatoms. The number of fused-ring (bicyclic) bond motifs is 2. The van der Waals surface area contributed by atoms with Crippen LogP contribution < -0.4 is 0 Å². The third-order valence-electron chi connectivity index (χ3n) is 6.48.